The number of halogens is 1. The number of hydrogen-bond donors (Lipinski definition) is 0. The largest absolute Gasteiger partial charge is 1.00 e. The fourth-order valence-electron chi connectivity index (χ4n) is 1.12. The zero-order chi connectivity index (χ0) is 9.26. The molecule has 0 aliphatic carbocycles. The lowest BCUT2D eigenvalue weighted by atomic mass is 10.5. The zero-order valence-corrected chi connectivity index (χ0v) is 10.2. The second-order valence-corrected chi connectivity index (χ2v) is 2.97. The van der Waals surface area contributed by atoms with Gasteiger partial charge in [0.2, 0.25) is 6.33 Å². The Morgan fingerprint density at radius 1 is 1.29 bits per heavy atom. The summed E-state index contributed by atoms with van der Waals surface area (Å²) in [6, 6.07) is 0. The van der Waals surface area contributed by atoms with Gasteiger partial charge < -0.3 is 24.0 Å². The molecule has 0 spiro atoms. The van der Waals surface area contributed by atoms with Crippen LogP contribution in [0.4, 0.5) is 0 Å². The first-order valence-corrected chi connectivity index (χ1v) is 4.08. The minimum Gasteiger partial charge on any atom is -1.00 e. The molecule has 2 aromatic rings. The molecule has 0 radical (unpaired) electrons. The van der Waals surface area contributed by atoms with Crippen LogP contribution in [0.3, 0.4) is 0 Å². The molecule has 0 bridgehead atoms. The number of aryl methyl sites for hydroxylation is 2. The smallest absolute Gasteiger partial charge is 0.248 e. The molecule has 2 heterocycles. The maximum absolute atomic E-state index is 4.12. The van der Waals surface area contributed by atoms with E-state index in [0.717, 1.165) is 11.5 Å². The molecule has 0 fully saturated rings. The van der Waals surface area contributed by atoms with E-state index in [1.807, 2.05) is 54.2 Å². The minimum absolute atomic E-state index is 0. The molecule has 0 aliphatic rings. The molecule has 4 nitrogen and oxygen atoms in total. The third-order valence-corrected chi connectivity index (χ3v) is 1.83. The van der Waals surface area contributed by atoms with Gasteiger partial charge >= 0.3 is 0 Å². The highest BCUT2D eigenvalue weighted by molar-refractivity contribution is 5.23. The second-order valence-electron chi connectivity index (χ2n) is 2.97. The minimum atomic E-state index is 0. The van der Waals surface area contributed by atoms with E-state index in [1.54, 1.807) is 0 Å². The number of imidazole rings is 1. The van der Waals surface area contributed by atoms with Crippen molar-refractivity contribution in [3.05, 3.63) is 36.9 Å². The van der Waals surface area contributed by atoms with Gasteiger partial charge in [-0.1, -0.05) is 0 Å². The lowest BCUT2D eigenvalue weighted by Gasteiger charge is -1.93. The van der Waals surface area contributed by atoms with Crippen LogP contribution in [0, 0.1) is 6.92 Å². The fraction of sp³-hybridized carbons (Fsp3) is 0.222. The Hall–Kier alpha value is -0.980. The molecule has 0 aromatic carbocycles. The predicted octanol–water partition coefficient (Wildman–Crippen LogP) is -2.60. The van der Waals surface area contributed by atoms with E-state index in [-0.39, 0.29) is 24.0 Å². The van der Waals surface area contributed by atoms with Crippen LogP contribution in [0.1, 0.15) is 5.82 Å². The predicted molar refractivity (Wildman–Crippen MR) is 47.3 cm³/mol. The Bertz CT molecular complexity index is 407. The van der Waals surface area contributed by atoms with Crippen LogP contribution >= 0.6 is 0 Å². The first kappa shape index (κ1) is 11.1. The van der Waals surface area contributed by atoms with Crippen molar-refractivity contribution in [1.82, 2.24) is 14.5 Å². The lowest BCUT2D eigenvalue weighted by molar-refractivity contribution is -0.670. The summed E-state index contributed by atoms with van der Waals surface area (Å²) < 4.78 is 3.94. The summed E-state index contributed by atoms with van der Waals surface area (Å²) >= 11 is 0. The summed E-state index contributed by atoms with van der Waals surface area (Å²) in [5.74, 6) is 0.792. The van der Waals surface area contributed by atoms with Crippen LogP contribution in [0.25, 0.3) is 5.69 Å². The van der Waals surface area contributed by atoms with Crippen molar-refractivity contribution in [2.45, 2.75) is 6.92 Å². The molecule has 74 valence electrons. The first-order valence-electron chi connectivity index (χ1n) is 4.08. The summed E-state index contributed by atoms with van der Waals surface area (Å²) in [5.41, 5.74) is 0.978. The molecule has 14 heavy (non-hydrogen) atoms. The molecular formula is C9H11IN4. The van der Waals surface area contributed by atoms with E-state index < -0.39 is 0 Å². The van der Waals surface area contributed by atoms with Gasteiger partial charge in [0.1, 0.15) is 18.2 Å². The van der Waals surface area contributed by atoms with E-state index in [4.69, 9.17) is 0 Å². The van der Waals surface area contributed by atoms with E-state index in [2.05, 4.69) is 9.97 Å². The summed E-state index contributed by atoms with van der Waals surface area (Å²) in [6.07, 6.45) is 9.52. The molecule has 0 amide bonds. The van der Waals surface area contributed by atoms with Gasteiger partial charge in [-0.3, -0.25) is 0 Å². The molecule has 0 unspecified atom stereocenters. The van der Waals surface area contributed by atoms with Crippen molar-refractivity contribution in [2.75, 3.05) is 0 Å². The van der Waals surface area contributed by atoms with E-state index >= 15 is 0 Å². The third-order valence-electron chi connectivity index (χ3n) is 1.83. The van der Waals surface area contributed by atoms with Gasteiger partial charge in [0.05, 0.1) is 19.4 Å². The Labute approximate surface area is 99.7 Å². The lowest BCUT2D eigenvalue weighted by Crippen LogP contribution is -3.00. The molecule has 0 N–H and O–H groups in total. The van der Waals surface area contributed by atoms with Crippen LogP contribution in [0.15, 0.2) is 31.1 Å². The van der Waals surface area contributed by atoms with Crippen LogP contribution in [-0.4, -0.2) is 14.5 Å². The summed E-state index contributed by atoms with van der Waals surface area (Å²) in [7, 11) is 1.98. The van der Waals surface area contributed by atoms with Crippen LogP contribution in [0.2, 0.25) is 0 Å². The second kappa shape index (κ2) is 4.50. The van der Waals surface area contributed by atoms with E-state index in [1.165, 1.54) is 0 Å². The average molecular weight is 302 g/mol. The summed E-state index contributed by atoms with van der Waals surface area (Å²) in [6.45, 7) is 1.87. The maximum atomic E-state index is 4.12. The molecule has 0 aliphatic heterocycles. The molecule has 5 heteroatoms. The number of nitrogens with zero attached hydrogens (tertiary/aromatic N) is 4. The van der Waals surface area contributed by atoms with Crippen molar-refractivity contribution in [3.63, 3.8) is 0 Å². The van der Waals surface area contributed by atoms with Gasteiger partial charge in [-0.05, 0) is 6.92 Å². The Kier molecular flexibility index (Phi) is 3.56. The van der Waals surface area contributed by atoms with Crippen LogP contribution < -0.4 is 28.5 Å². The zero-order valence-electron chi connectivity index (χ0n) is 8.05. The Morgan fingerprint density at radius 2 is 1.93 bits per heavy atom. The highest BCUT2D eigenvalue weighted by Gasteiger charge is 2.03. The van der Waals surface area contributed by atoms with Crippen molar-refractivity contribution >= 4 is 0 Å². The fourth-order valence-corrected chi connectivity index (χ4v) is 1.12. The van der Waals surface area contributed by atoms with Gasteiger partial charge in [-0.15, -0.1) is 0 Å². The number of aromatic nitrogens is 4. The van der Waals surface area contributed by atoms with Gasteiger partial charge in [0.25, 0.3) is 0 Å². The number of rotatable bonds is 1. The molecule has 0 saturated carbocycles. The van der Waals surface area contributed by atoms with Gasteiger partial charge in [0, 0.05) is 0 Å². The number of hydrogen-bond acceptors (Lipinski definition) is 2. The van der Waals surface area contributed by atoms with Crippen LogP contribution in [-0.2, 0) is 7.05 Å². The highest BCUT2D eigenvalue weighted by Crippen LogP contribution is 2.01. The van der Waals surface area contributed by atoms with E-state index in [0.29, 0.717) is 0 Å². The van der Waals surface area contributed by atoms with Gasteiger partial charge in [0.15, 0.2) is 5.69 Å². The van der Waals surface area contributed by atoms with Crippen molar-refractivity contribution in [1.29, 1.82) is 0 Å². The third kappa shape index (κ3) is 2.28. The Balaban J connectivity index is 0.000000980. The van der Waals surface area contributed by atoms with Crippen LogP contribution in [0.5, 0.6) is 0 Å². The summed E-state index contributed by atoms with van der Waals surface area (Å²) in [4.78, 5) is 8.25. The molecule has 0 saturated heterocycles. The monoisotopic (exact) mass is 302 g/mol. The van der Waals surface area contributed by atoms with Crippen molar-refractivity contribution < 1.29 is 28.5 Å². The topological polar surface area (TPSA) is 34.6 Å². The highest BCUT2D eigenvalue weighted by atomic mass is 127. The van der Waals surface area contributed by atoms with Crippen molar-refractivity contribution in [3.8, 4) is 5.69 Å². The SMILES string of the molecule is Cc1ncc(-n2cc[n+](C)c2)cn1.[I-]. The average Bonchev–Trinajstić information content (AvgIpc) is 2.53. The van der Waals surface area contributed by atoms with Gasteiger partial charge in [-0.2, -0.15) is 4.57 Å². The molecule has 2 aromatic heterocycles. The van der Waals surface area contributed by atoms with Gasteiger partial charge in [-0.25, -0.2) is 14.5 Å². The molecule has 0 atom stereocenters. The maximum Gasteiger partial charge on any atom is 0.248 e. The first-order chi connectivity index (χ1) is 6.25. The normalized spacial score (nSPS) is 9.57. The standard InChI is InChI=1S/C9H11N4.HI/c1-8-10-5-9(6-11-8)13-4-3-12(2)7-13;/h3-7H,1-2H3;1H/q+1;/p-1. The summed E-state index contributed by atoms with van der Waals surface area (Å²) in [5, 5.41) is 0. The molecular weight excluding hydrogens is 291 g/mol. The quantitative estimate of drug-likeness (QED) is 0.428. The Morgan fingerprint density at radius 3 is 2.43 bits per heavy atom. The van der Waals surface area contributed by atoms with Crippen molar-refractivity contribution in [2.24, 2.45) is 7.05 Å². The van der Waals surface area contributed by atoms with E-state index in [9.17, 15) is 0 Å². The molecule has 2 rings (SSSR count).